The quantitative estimate of drug-likeness (QED) is 0.598. The van der Waals surface area contributed by atoms with Gasteiger partial charge in [0.05, 0.1) is 6.54 Å². The van der Waals surface area contributed by atoms with Crippen molar-refractivity contribution in [3.8, 4) is 0 Å². The van der Waals surface area contributed by atoms with Gasteiger partial charge in [-0.2, -0.15) is 0 Å². The number of rotatable bonds is 9. The fraction of sp³-hybridized carbons (Fsp3) is 0.857. The molecule has 0 bridgehead atoms. The van der Waals surface area contributed by atoms with Crippen LogP contribution in [-0.2, 0) is 9.59 Å². The molecule has 19 heavy (non-hydrogen) atoms. The Kier molecular flexibility index (Phi) is 7.68. The van der Waals surface area contributed by atoms with Crippen LogP contribution < -0.4 is 10.6 Å². The van der Waals surface area contributed by atoms with E-state index in [4.69, 9.17) is 5.11 Å². The molecule has 0 aromatic rings. The number of carboxylic acids is 1. The van der Waals surface area contributed by atoms with Crippen LogP contribution in [0.5, 0.6) is 0 Å². The molecule has 1 unspecified atom stereocenters. The minimum atomic E-state index is -1.09. The van der Waals surface area contributed by atoms with Gasteiger partial charge in [0.15, 0.2) is 0 Å². The second kappa shape index (κ2) is 8.15. The monoisotopic (exact) mass is 272 g/mol. The normalized spacial score (nSPS) is 13.4. The van der Waals surface area contributed by atoms with E-state index in [2.05, 4.69) is 24.5 Å². The van der Waals surface area contributed by atoms with Gasteiger partial charge >= 0.3 is 5.97 Å². The standard InChI is InChI=1S/C14H28N2O3/c1-10(2)7-6-8-11(3)16-12(17)9-15-14(4,5)13(18)19/h10-11,15H,6-9H2,1-5H3,(H,16,17)(H,18,19). The van der Waals surface area contributed by atoms with Crippen molar-refractivity contribution in [1.29, 1.82) is 0 Å². The molecule has 0 aromatic heterocycles. The third kappa shape index (κ3) is 8.59. The second-order valence-electron chi connectivity index (χ2n) is 6.08. The van der Waals surface area contributed by atoms with Crippen molar-refractivity contribution in [2.24, 2.45) is 5.92 Å². The van der Waals surface area contributed by atoms with Crippen molar-refractivity contribution < 1.29 is 14.7 Å². The highest BCUT2D eigenvalue weighted by Crippen LogP contribution is 2.08. The molecular formula is C14H28N2O3. The first-order valence-electron chi connectivity index (χ1n) is 6.93. The van der Waals surface area contributed by atoms with E-state index in [9.17, 15) is 9.59 Å². The fourth-order valence-electron chi connectivity index (χ4n) is 1.61. The van der Waals surface area contributed by atoms with Crippen LogP contribution >= 0.6 is 0 Å². The van der Waals surface area contributed by atoms with Crippen LogP contribution in [0, 0.1) is 5.92 Å². The summed E-state index contributed by atoms with van der Waals surface area (Å²) in [6, 6.07) is 0.126. The Morgan fingerprint density at radius 2 is 1.74 bits per heavy atom. The summed E-state index contributed by atoms with van der Waals surface area (Å²) in [6.07, 6.45) is 3.20. The molecule has 112 valence electrons. The lowest BCUT2D eigenvalue weighted by molar-refractivity contribution is -0.143. The topological polar surface area (TPSA) is 78.4 Å². The van der Waals surface area contributed by atoms with E-state index in [0.29, 0.717) is 5.92 Å². The lowest BCUT2D eigenvalue weighted by Gasteiger charge is -2.21. The van der Waals surface area contributed by atoms with Crippen LogP contribution in [0.25, 0.3) is 0 Å². The molecule has 0 heterocycles. The maximum Gasteiger partial charge on any atom is 0.323 e. The van der Waals surface area contributed by atoms with Crippen LogP contribution in [0.15, 0.2) is 0 Å². The smallest absolute Gasteiger partial charge is 0.323 e. The highest BCUT2D eigenvalue weighted by Gasteiger charge is 2.26. The third-order valence-electron chi connectivity index (χ3n) is 3.05. The number of nitrogens with one attached hydrogen (secondary N) is 2. The molecule has 0 saturated heterocycles. The Bertz CT molecular complexity index is 301. The first-order valence-corrected chi connectivity index (χ1v) is 6.93. The van der Waals surface area contributed by atoms with Crippen LogP contribution in [0.2, 0.25) is 0 Å². The average Bonchev–Trinajstić information content (AvgIpc) is 2.25. The van der Waals surface area contributed by atoms with E-state index in [-0.39, 0.29) is 18.5 Å². The number of hydrogen-bond acceptors (Lipinski definition) is 3. The van der Waals surface area contributed by atoms with Gasteiger partial charge in [0, 0.05) is 6.04 Å². The first kappa shape index (κ1) is 17.9. The molecule has 0 aliphatic heterocycles. The minimum Gasteiger partial charge on any atom is -0.480 e. The van der Waals surface area contributed by atoms with Gasteiger partial charge in [-0.3, -0.25) is 14.9 Å². The summed E-state index contributed by atoms with van der Waals surface area (Å²) in [7, 11) is 0. The Labute approximate surface area is 116 Å². The predicted octanol–water partition coefficient (Wildman–Crippen LogP) is 1.77. The van der Waals surface area contributed by atoms with Crippen molar-refractivity contribution in [3.05, 3.63) is 0 Å². The predicted molar refractivity (Wildman–Crippen MR) is 76.0 cm³/mol. The average molecular weight is 272 g/mol. The van der Waals surface area contributed by atoms with Gasteiger partial charge in [0.1, 0.15) is 5.54 Å². The molecule has 0 aliphatic rings. The highest BCUT2D eigenvalue weighted by molar-refractivity contribution is 5.81. The zero-order valence-electron chi connectivity index (χ0n) is 12.7. The number of amides is 1. The van der Waals surface area contributed by atoms with Crippen molar-refractivity contribution in [2.75, 3.05) is 6.54 Å². The zero-order chi connectivity index (χ0) is 15.1. The molecule has 0 aromatic carbocycles. The molecule has 0 fully saturated rings. The molecule has 0 aliphatic carbocycles. The molecule has 5 nitrogen and oxygen atoms in total. The van der Waals surface area contributed by atoms with Gasteiger partial charge in [0.25, 0.3) is 0 Å². The van der Waals surface area contributed by atoms with Crippen molar-refractivity contribution in [1.82, 2.24) is 10.6 Å². The fourth-order valence-corrected chi connectivity index (χ4v) is 1.61. The van der Waals surface area contributed by atoms with Gasteiger partial charge in [-0.15, -0.1) is 0 Å². The van der Waals surface area contributed by atoms with Crippen molar-refractivity contribution >= 4 is 11.9 Å². The Hall–Kier alpha value is -1.10. The molecule has 5 heteroatoms. The van der Waals surface area contributed by atoms with Crippen molar-refractivity contribution in [2.45, 2.75) is 65.5 Å². The molecule has 0 radical (unpaired) electrons. The summed E-state index contributed by atoms with van der Waals surface area (Å²) in [5.41, 5.74) is -1.09. The molecule has 1 atom stereocenters. The van der Waals surface area contributed by atoms with Gasteiger partial charge in [-0.05, 0) is 33.1 Å². The van der Waals surface area contributed by atoms with E-state index in [1.165, 1.54) is 13.8 Å². The van der Waals surface area contributed by atoms with E-state index in [1.807, 2.05) is 6.92 Å². The van der Waals surface area contributed by atoms with Crippen LogP contribution in [0.3, 0.4) is 0 Å². The molecule has 0 spiro atoms. The van der Waals surface area contributed by atoms with Gasteiger partial charge in [0.2, 0.25) is 5.91 Å². The molecule has 3 N–H and O–H groups in total. The number of carboxylic acid groups (broad SMARTS) is 1. The Morgan fingerprint density at radius 3 is 2.21 bits per heavy atom. The second-order valence-corrected chi connectivity index (χ2v) is 6.08. The Balaban J connectivity index is 3.88. The summed E-state index contributed by atoms with van der Waals surface area (Å²) in [4.78, 5) is 22.5. The van der Waals surface area contributed by atoms with E-state index < -0.39 is 11.5 Å². The molecule has 0 saturated carbocycles. The van der Waals surface area contributed by atoms with Crippen LogP contribution in [-0.4, -0.2) is 35.1 Å². The molecule has 1 amide bonds. The van der Waals surface area contributed by atoms with Gasteiger partial charge in [-0.25, -0.2) is 0 Å². The molecule has 0 rings (SSSR count). The van der Waals surface area contributed by atoms with Crippen LogP contribution in [0.4, 0.5) is 0 Å². The minimum absolute atomic E-state index is 0.0216. The number of aliphatic carboxylic acids is 1. The van der Waals surface area contributed by atoms with E-state index >= 15 is 0 Å². The number of carbonyl (C=O) groups excluding carboxylic acids is 1. The largest absolute Gasteiger partial charge is 0.480 e. The summed E-state index contributed by atoms with van der Waals surface area (Å²) < 4.78 is 0. The summed E-state index contributed by atoms with van der Waals surface area (Å²) >= 11 is 0. The maximum atomic E-state index is 11.7. The van der Waals surface area contributed by atoms with Crippen LogP contribution in [0.1, 0.15) is 53.9 Å². The lowest BCUT2D eigenvalue weighted by atomic mass is 10.0. The SMILES string of the molecule is CC(C)CCCC(C)NC(=O)CNC(C)(C)C(=O)O. The zero-order valence-corrected chi connectivity index (χ0v) is 12.7. The molecular weight excluding hydrogens is 244 g/mol. The van der Waals surface area contributed by atoms with Gasteiger partial charge < -0.3 is 10.4 Å². The summed E-state index contributed by atoms with van der Waals surface area (Å²) in [6.45, 7) is 9.43. The number of carbonyl (C=O) groups is 2. The maximum absolute atomic E-state index is 11.7. The van der Waals surface area contributed by atoms with Crippen molar-refractivity contribution in [3.63, 3.8) is 0 Å². The summed E-state index contributed by atoms with van der Waals surface area (Å²) in [5.74, 6) is -0.447. The van der Waals surface area contributed by atoms with E-state index in [0.717, 1.165) is 19.3 Å². The van der Waals surface area contributed by atoms with E-state index in [1.54, 1.807) is 0 Å². The summed E-state index contributed by atoms with van der Waals surface area (Å²) in [5, 5.41) is 14.5. The highest BCUT2D eigenvalue weighted by atomic mass is 16.4. The first-order chi connectivity index (χ1) is 8.65. The van der Waals surface area contributed by atoms with Gasteiger partial charge in [-0.1, -0.05) is 26.7 Å². The lowest BCUT2D eigenvalue weighted by Crippen LogP contribution is -2.51. The third-order valence-corrected chi connectivity index (χ3v) is 3.05. The number of hydrogen-bond donors (Lipinski definition) is 3. The Morgan fingerprint density at radius 1 is 1.16 bits per heavy atom.